The molecule has 9 heteroatoms. The quantitative estimate of drug-likeness (QED) is 0.723. The predicted molar refractivity (Wildman–Crippen MR) is 83.9 cm³/mol. The van der Waals surface area contributed by atoms with Crippen molar-refractivity contribution >= 4 is 5.91 Å². The second-order valence-corrected chi connectivity index (χ2v) is 5.36. The summed E-state index contributed by atoms with van der Waals surface area (Å²) in [5.41, 5.74) is -0.536. The van der Waals surface area contributed by atoms with Crippen LogP contribution in [0, 0.1) is 5.82 Å². The van der Waals surface area contributed by atoms with E-state index in [-0.39, 0.29) is 17.9 Å². The summed E-state index contributed by atoms with van der Waals surface area (Å²) in [5, 5.41) is 6.38. The molecular formula is C17H12F4N4O. The lowest BCUT2D eigenvalue weighted by Crippen LogP contribution is -2.26. The number of nitrogens with one attached hydrogen (secondary N) is 1. The third kappa shape index (κ3) is 3.88. The van der Waals surface area contributed by atoms with Crippen LogP contribution in [-0.4, -0.2) is 20.7 Å². The molecule has 0 aliphatic rings. The number of carbonyl (C=O) groups is 1. The van der Waals surface area contributed by atoms with Gasteiger partial charge in [-0.15, -0.1) is 0 Å². The van der Waals surface area contributed by atoms with Crippen molar-refractivity contribution in [3.05, 3.63) is 77.6 Å². The second kappa shape index (κ2) is 6.95. The topological polar surface area (TPSA) is 59.8 Å². The van der Waals surface area contributed by atoms with Crippen LogP contribution in [0.2, 0.25) is 0 Å². The van der Waals surface area contributed by atoms with Crippen LogP contribution >= 0.6 is 0 Å². The Balaban J connectivity index is 1.77. The van der Waals surface area contributed by atoms with Crippen LogP contribution in [0.1, 0.15) is 21.7 Å². The number of aromatic nitrogens is 3. The number of para-hydroxylation sites is 1. The molecule has 0 atom stereocenters. The van der Waals surface area contributed by atoms with Crippen molar-refractivity contribution in [2.45, 2.75) is 12.7 Å². The Hall–Kier alpha value is -3.23. The molecule has 0 aliphatic heterocycles. The molecule has 1 aromatic heterocycles. The standard InChI is InChI=1S/C17H12F4N4O/c18-13-7-11(6-12(8-13)17(19,20)21)9-22-16(26)15-23-10-24-25(15)14-4-2-1-3-5-14/h1-8,10H,9H2,(H,22,26). The Morgan fingerprint density at radius 3 is 2.54 bits per heavy atom. The third-order valence-corrected chi connectivity index (χ3v) is 3.49. The summed E-state index contributed by atoms with van der Waals surface area (Å²) >= 11 is 0. The molecule has 3 rings (SSSR count). The van der Waals surface area contributed by atoms with E-state index in [1.54, 1.807) is 30.3 Å². The van der Waals surface area contributed by atoms with E-state index in [9.17, 15) is 22.4 Å². The zero-order valence-electron chi connectivity index (χ0n) is 13.2. The molecule has 0 saturated heterocycles. The molecule has 3 aromatic rings. The van der Waals surface area contributed by atoms with Crippen molar-refractivity contribution in [2.24, 2.45) is 0 Å². The van der Waals surface area contributed by atoms with E-state index in [0.717, 1.165) is 12.1 Å². The second-order valence-electron chi connectivity index (χ2n) is 5.36. The van der Waals surface area contributed by atoms with Crippen molar-refractivity contribution in [1.29, 1.82) is 0 Å². The molecule has 0 bridgehead atoms. The van der Waals surface area contributed by atoms with Gasteiger partial charge in [0.2, 0.25) is 5.82 Å². The number of carbonyl (C=O) groups excluding carboxylic acids is 1. The number of benzene rings is 2. The zero-order valence-corrected chi connectivity index (χ0v) is 13.2. The third-order valence-electron chi connectivity index (χ3n) is 3.49. The van der Waals surface area contributed by atoms with Gasteiger partial charge in [0.15, 0.2) is 0 Å². The van der Waals surface area contributed by atoms with Gasteiger partial charge >= 0.3 is 6.18 Å². The largest absolute Gasteiger partial charge is 0.416 e. The highest BCUT2D eigenvalue weighted by Gasteiger charge is 2.31. The number of hydrogen-bond acceptors (Lipinski definition) is 3. The SMILES string of the molecule is O=C(NCc1cc(F)cc(C(F)(F)F)c1)c1ncnn1-c1ccccc1. The highest BCUT2D eigenvalue weighted by atomic mass is 19.4. The van der Waals surface area contributed by atoms with E-state index in [1.807, 2.05) is 0 Å². The molecule has 0 saturated carbocycles. The van der Waals surface area contributed by atoms with Gasteiger partial charge in [0, 0.05) is 6.54 Å². The maximum atomic E-state index is 13.4. The van der Waals surface area contributed by atoms with Crippen molar-refractivity contribution in [3.63, 3.8) is 0 Å². The van der Waals surface area contributed by atoms with Crippen molar-refractivity contribution in [1.82, 2.24) is 20.1 Å². The van der Waals surface area contributed by atoms with Crippen molar-refractivity contribution < 1.29 is 22.4 Å². The van der Waals surface area contributed by atoms with Crippen LogP contribution in [0.25, 0.3) is 5.69 Å². The minimum atomic E-state index is -4.67. The van der Waals surface area contributed by atoms with Crippen molar-refractivity contribution in [3.8, 4) is 5.69 Å². The van der Waals surface area contributed by atoms with E-state index in [0.29, 0.717) is 11.8 Å². The van der Waals surface area contributed by atoms with Gasteiger partial charge in [-0.25, -0.2) is 14.1 Å². The van der Waals surface area contributed by atoms with Gasteiger partial charge in [-0.05, 0) is 35.9 Å². The van der Waals surface area contributed by atoms with Crippen LogP contribution < -0.4 is 5.32 Å². The summed E-state index contributed by atoms with van der Waals surface area (Å²) < 4.78 is 52.9. The highest BCUT2D eigenvalue weighted by Crippen LogP contribution is 2.30. The van der Waals surface area contributed by atoms with Crippen LogP contribution in [0.4, 0.5) is 17.6 Å². The van der Waals surface area contributed by atoms with Gasteiger partial charge in [-0.2, -0.15) is 18.3 Å². The Morgan fingerprint density at radius 1 is 1.12 bits per heavy atom. The molecule has 1 heterocycles. The molecule has 1 N–H and O–H groups in total. The Morgan fingerprint density at radius 2 is 1.85 bits per heavy atom. The zero-order chi connectivity index (χ0) is 18.7. The molecular weight excluding hydrogens is 352 g/mol. The van der Waals surface area contributed by atoms with E-state index in [2.05, 4.69) is 15.4 Å². The monoisotopic (exact) mass is 364 g/mol. The summed E-state index contributed by atoms with van der Waals surface area (Å²) in [7, 11) is 0. The molecule has 0 radical (unpaired) electrons. The number of amides is 1. The predicted octanol–water partition coefficient (Wildman–Crippen LogP) is 3.36. The Kier molecular flexibility index (Phi) is 4.70. The minimum absolute atomic E-state index is 0.0172. The Labute approximate surface area is 145 Å². The van der Waals surface area contributed by atoms with Crippen LogP contribution in [0.5, 0.6) is 0 Å². The van der Waals surface area contributed by atoms with Gasteiger partial charge in [-0.3, -0.25) is 4.79 Å². The maximum absolute atomic E-state index is 13.4. The molecule has 26 heavy (non-hydrogen) atoms. The van der Waals surface area contributed by atoms with Crippen LogP contribution in [0.3, 0.4) is 0 Å². The first-order valence-corrected chi connectivity index (χ1v) is 7.45. The summed E-state index contributed by atoms with van der Waals surface area (Å²) in [6, 6.07) is 10.8. The first-order chi connectivity index (χ1) is 12.3. The van der Waals surface area contributed by atoms with E-state index in [4.69, 9.17) is 0 Å². The normalized spacial score (nSPS) is 11.4. The number of nitrogens with zero attached hydrogens (tertiary/aromatic N) is 3. The molecule has 134 valence electrons. The fourth-order valence-electron chi connectivity index (χ4n) is 2.33. The van der Waals surface area contributed by atoms with E-state index in [1.165, 1.54) is 11.0 Å². The first-order valence-electron chi connectivity index (χ1n) is 7.45. The highest BCUT2D eigenvalue weighted by molar-refractivity contribution is 5.91. The van der Waals surface area contributed by atoms with Crippen LogP contribution in [0.15, 0.2) is 54.9 Å². The van der Waals surface area contributed by atoms with Crippen LogP contribution in [-0.2, 0) is 12.7 Å². The van der Waals surface area contributed by atoms with E-state index >= 15 is 0 Å². The first kappa shape index (κ1) is 17.6. The lowest BCUT2D eigenvalue weighted by Gasteiger charge is -2.10. The number of hydrogen-bond donors (Lipinski definition) is 1. The molecule has 0 unspecified atom stereocenters. The fourth-order valence-corrected chi connectivity index (χ4v) is 2.33. The van der Waals surface area contributed by atoms with Gasteiger partial charge < -0.3 is 5.32 Å². The summed E-state index contributed by atoms with van der Waals surface area (Å²) in [5.74, 6) is -1.72. The number of alkyl halides is 3. The van der Waals surface area contributed by atoms with Gasteiger partial charge in [0.05, 0.1) is 11.3 Å². The van der Waals surface area contributed by atoms with Gasteiger partial charge in [0.25, 0.3) is 5.91 Å². The molecule has 0 spiro atoms. The average Bonchev–Trinajstić information content (AvgIpc) is 3.09. The number of rotatable bonds is 4. The minimum Gasteiger partial charge on any atom is -0.345 e. The smallest absolute Gasteiger partial charge is 0.345 e. The van der Waals surface area contributed by atoms with Gasteiger partial charge in [-0.1, -0.05) is 18.2 Å². The fraction of sp³-hybridized carbons (Fsp3) is 0.118. The summed E-state index contributed by atoms with van der Waals surface area (Å²) in [6.07, 6.45) is -3.49. The average molecular weight is 364 g/mol. The molecule has 5 nitrogen and oxygen atoms in total. The Bertz CT molecular complexity index is 922. The lowest BCUT2D eigenvalue weighted by atomic mass is 10.1. The van der Waals surface area contributed by atoms with Crippen molar-refractivity contribution in [2.75, 3.05) is 0 Å². The van der Waals surface area contributed by atoms with Gasteiger partial charge in [0.1, 0.15) is 12.1 Å². The summed E-state index contributed by atoms with van der Waals surface area (Å²) in [6.45, 7) is -0.290. The molecule has 0 fully saturated rings. The summed E-state index contributed by atoms with van der Waals surface area (Å²) in [4.78, 5) is 16.2. The lowest BCUT2D eigenvalue weighted by molar-refractivity contribution is -0.137. The maximum Gasteiger partial charge on any atom is 0.416 e. The molecule has 2 aromatic carbocycles. The molecule has 0 aliphatic carbocycles. The molecule has 1 amide bonds. The van der Waals surface area contributed by atoms with E-state index < -0.39 is 23.5 Å². The number of halogens is 4.